The van der Waals surface area contributed by atoms with Crippen molar-refractivity contribution in [1.82, 2.24) is 10.3 Å². The van der Waals surface area contributed by atoms with Crippen LogP contribution in [0.15, 0.2) is 66.9 Å². The molecule has 1 aromatic heterocycles. The molecule has 0 radical (unpaired) electrons. The van der Waals surface area contributed by atoms with Gasteiger partial charge in [0, 0.05) is 25.2 Å². The number of nitrogens with zero attached hydrogens (tertiary/aromatic N) is 1. The molecule has 1 N–H and O–H groups in total. The van der Waals surface area contributed by atoms with Crippen molar-refractivity contribution in [3.63, 3.8) is 0 Å². The van der Waals surface area contributed by atoms with Crippen molar-refractivity contribution in [1.29, 1.82) is 0 Å². The number of para-hydroxylation sites is 2. The third-order valence-electron chi connectivity index (χ3n) is 4.72. The topological polar surface area (TPSA) is 60.5 Å². The molecule has 0 saturated heterocycles. The number of ether oxygens (including phenoxy) is 2. The van der Waals surface area contributed by atoms with Gasteiger partial charge in [0.25, 0.3) is 0 Å². The van der Waals surface area contributed by atoms with Gasteiger partial charge in [-0.3, -0.25) is 4.79 Å². The van der Waals surface area contributed by atoms with Gasteiger partial charge in [0.15, 0.2) is 11.5 Å². The summed E-state index contributed by atoms with van der Waals surface area (Å²) in [5, 5.41) is 2.95. The second kappa shape index (κ2) is 11.0. The number of benzene rings is 2. The van der Waals surface area contributed by atoms with E-state index in [1.54, 1.807) is 12.3 Å². The molecule has 0 spiro atoms. The first-order valence-corrected chi connectivity index (χ1v) is 10.4. The van der Waals surface area contributed by atoms with Crippen molar-refractivity contribution in [2.45, 2.75) is 39.7 Å². The second-order valence-corrected chi connectivity index (χ2v) is 6.93. The molecule has 1 heterocycles. The normalized spacial score (nSPS) is 10.5. The maximum atomic E-state index is 12.1. The van der Waals surface area contributed by atoms with Crippen molar-refractivity contribution < 1.29 is 14.3 Å². The highest BCUT2D eigenvalue weighted by Crippen LogP contribution is 2.30. The van der Waals surface area contributed by atoms with Crippen LogP contribution in [-0.4, -0.2) is 17.5 Å². The Morgan fingerprint density at radius 2 is 1.60 bits per heavy atom. The highest BCUT2D eigenvalue weighted by molar-refractivity contribution is 5.76. The summed E-state index contributed by atoms with van der Waals surface area (Å²) >= 11 is 0. The van der Waals surface area contributed by atoms with Crippen LogP contribution in [0.3, 0.4) is 0 Å². The van der Waals surface area contributed by atoms with E-state index in [1.807, 2.05) is 37.3 Å². The highest BCUT2D eigenvalue weighted by atomic mass is 16.5. The Morgan fingerprint density at radius 3 is 2.27 bits per heavy atom. The van der Waals surface area contributed by atoms with Crippen LogP contribution in [-0.2, 0) is 24.2 Å². The standard InChI is InChI=1S/C25H28N2O3/c1-3-19-9-11-20(12-10-19)13-15-24(28)26-17-21-14-16-25(27-18-21)30-23-8-6-5-7-22(23)29-4-2/h5-12,14,16,18H,3-4,13,15,17H2,1-2H3,(H,26,28). The SMILES string of the molecule is CCOc1ccccc1Oc1ccc(CNC(=O)CCc2ccc(CC)cc2)cn1. The maximum Gasteiger partial charge on any atom is 0.220 e. The molecule has 0 aliphatic rings. The highest BCUT2D eigenvalue weighted by Gasteiger charge is 2.07. The van der Waals surface area contributed by atoms with Crippen LogP contribution in [0.2, 0.25) is 0 Å². The number of rotatable bonds is 10. The summed E-state index contributed by atoms with van der Waals surface area (Å²) in [6, 6.07) is 19.6. The van der Waals surface area contributed by atoms with E-state index < -0.39 is 0 Å². The molecule has 3 rings (SSSR count). The molecule has 5 heteroatoms. The van der Waals surface area contributed by atoms with Gasteiger partial charge in [-0.25, -0.2) is 4.98 Å². The molecule has 0 atom stereocenters. The number of hydrogen-bond donors (Lipinski definition) is 1. The predicted molar refractivity (Wildman–Crippen MR) is 118 cm³/mol. The lowest BCUT2D eigenvalue weighted by Gasteiger charge is -2.11. The average molecular weight is 405 g/mol. The van der Waals surface area contributed by atoms with Crippen LogP contribution < -0.4 is 14.8 Å². The van der Waals surface area contributed by atoms with E-state index in [1.165, 1.54) is 11.1 Å². The summed E-state index contributed by atoms with van der Waals surface area (Å²) in [6.45, 7) is 5.07. The molecular formula is C25H28N2O3. The molecule has 0 fully saturated rings. The summed E-state index contributed by atoms with van der Waals surface area (Å²) in [5.74, 6) is 1.82. The van der Waals surface area contributed by atoms with Gasteiger partial charge in [0.2, 0.25) is 11.8 Å². The quantitative estimate of drug-likeness (QED) is 0.512. The molecule has 156 valence electrons. The van der Waals surface area contributed by atoms with E-state index in [0.29, 0.717) is 37.0 Å². The van der Waals surface area contributed by atoms with E-state index >= 15 is 0 Å². The van der Waals surface area contributed by atoms with Crippen molar-refractivity contribution in [2.24, 2.45) is 0 Å². The lowest BCUT2D eigenvalue weighted by Crippen LogP contribution is -2.23. The smallest absolute Gasteiger partial charge is 0.220 e. The molecule has 0 bridgehead atoms. The predicted octanol–water partition coefficient (Wildman–Crippen LogP) is 5.08. The number of hydrogen-bond acceptors (Lipinski definition) is 4. The fraction of sp³-hybridized carbons (Fsp3) is 0.280. The monoisotopic (exact) mass is 404 g/mol. The summed E-state index contributed by atoms with van der Waals surface area (Å²) in [5.41, 5.74) is 3.41. The number of amides is 1. The van der Waals surface area contributed by atoms with Gasteiger partial charge in [0.1, 0.15) is 0 Å². The molecule has 0 aliphatic heterocycles. The van der Waals surface area contributed by atoms with Gasteiger partial charge in [-0.15, -0.1) is 0 Å². The van der Waals surface area contributed by atoms with E-state index in [0.717, 1.165) is 18.4 Å². The Morgan fingerprint density at radius 1 is 0.900 bits per heavy atom. The zero-order valence-corrected chi connectivity index (χ0v) is 17.6. The van der Waals surface area contributed by atoms with Gasteiger partial charge in [-0.1, -0.05) is 49.4 Å². The minimum atomic E-state index is 0.0283. The number of pyridine rings is 1. The first kappa shape index (κ1) is 21.4. The number of aromatic nitrogens is 1. The molecular weight excluding hydrogens is 376 g/mol. The Balaban J connectivity index is 1.46. The summed E-state index contributed by atoms with van der Waals surface area (Å²) in [6.07, 6.45) is 3.94. The van der Waals surface area contributed by atoms with Crippen LogP contribution in [0.25, 0.3) is 0 Å². The van der Waals surface area contributed by atoms with Gasteiger partial charge in [0.05, 0.1) is 6.61 Å². The number of carbonyl (C=O) groups is 1. The minimum Gasteiger partial charge on any atom is -0.490 e. The molecule has 1 amide bonds. The minimum absolute atomic E-state index is 0.0283. The third kappa shape index (κ3) is 6.34. The number of carbonyl (C=O) groups excluding carboxylic acids is 1. The van der Waals surface area contributed by atoms with Gasteiger partial charge < -0.3 is 14.8 Å². The van der Waals surface area contributed by atoms with Crippen LogP contribution in [0.4, 0.5) is 0 Å². The maximum absolute atomic E-state index is 12.1. The molecule has 3 aromatic rings. The molecule has 0 aliphatic carbocycles. The number of nitrogens with one attached hydrogen (secondary N) is 1. The van der Waals surface area contributed by atoms with Gasteiger partial charge >= 0.3 is 0 Å². The zero-order chi connectivity index (χ0) is 21.2. The summed E-state index contributed by atoms with van der Waals surface area (Å²) < 4.78 is 11.4. The Kier molecular flexibility index (Phi) is 7.84. The third-order valence-corrected chi connectivity index (χ3v) is 4.72. The van der Waals surface area contributed by atoms with E-state index in [-0.39, 0.29) is 5.91 Å². The first-order valence-electron chi connectivity index (χ1n) is 10.4. The van der Waals surface area contributed by atoms with Gasteiger partial charge in [-0.05, 0) is 48.6 Å². The van der Waals surface area contributed by atoms with Crippen LogP contribution in [0, 0.1) is 0 Å². The fourth-order valence-electron chi connectivity index (χ4n) is 2.99. The average Bonchev–Trinajstić information content (AvgIpc) is 2.79. The number of aryl methyl sites for hydroxylation is 2. The van der Waals surface area contributed by atoms with E-state index in [9.17, 15) is 4.79 Å². The summed E-state index contributed by atoms with van der Waals surface area (Å²) in [4.78, 5) is 16.5. The molecule has 0 saturated carbocycles. The summed E-state index contributed by atoms with van der Waals surface area (Å²) in [7, 11) is 0. The van der Waals surface area contributed by atoms with Crippen molar-refractivity contribution in [3.05, 3.63) is 83.6 Å². The second-order valence-electron chi connectivity index (χ2n) is 6.93. The van der Waals surface area contributed by atoms with Crippen molar-refractivity contribution in [3.8, 4) is 17.4 Å². The van der Waals surface area contributed by atoms with Crippen molar-refractivity contribution in [2.75, 3.05) is 6.61 Å². The van der Waals surface area contributed by atoms with E-state index in [2.05, 4.69) is 41.5 Å². The van der Waals surface area contributed by atoms with Crippen LogP contribution in [0.1, 0.15) is 37.0 Å². The van der Waals surface area contributed by atoms with E-state index in [4.69, 9.17) is 9.47 Å². The van der Waals surface area contributed by atoms with Crippen molar-refractivity contribution >= 4 is 5.91 Å². The zero-order valence-electron chi connectivity index (χ0n) is 17.6. The van der Waals surface area contributed by atoms with Crippen LogP contribution in [0.5, 0.6) is 17.4 Å². The molecule has 0 unspecified atom stereocenters. The molecule has 5 nitrogen and oxygen atoms in total. The lowest BCUT2D eigenvalue weighted by molar-refractivity contribution is -0.121. The molecule has 2 aromatic carbocycles. The first-order chi connectivity index (χ1) is 14.7. The molecule has 30 heavy (non-hydrogen) atoms. The van der Waals surface area contributed by atoms with Crippen LogP contribution >= 0.6 is 0 Å². The lowest BCUT2D eigenvalue weighted by atomic mass is 10.1. The van der Waals surface area contributed by atoms with Gasteiger partial charge in [-0.2, -0.15) is 0 Å². The largest absolute Gasteiger partial charge is 0.490 e. The fourth-order valence-corrected chi connectivity index (χ4v) is 2.99. The Bertz CT molecular complexity index is 937. The Labute approximate surface area is 178 Å². The Hall–Kier alpha value is -3.34.